The van der Waals surface area contributed by atoms with E-state index in [2.05, 4.69) is 109 Å². The van der Waals surface area contributed by atoms with Crippen molar-refractivity contribution in [3.8, 4) is 0 Å². The summed E-state index contributed by atoms with van der Waals surface area (Å²) in [5.74, 6) is 0. The minimum absolute atomic E-state index is 0.796. The van der Waals surface area contributed by atoms with Crippen LogP contribution < -0.4 is 15.9 Å². The van der Waals surface area contributed by atoms with Crippen molar-refractivity contribution < 1.29 is 0 Å². The monoisotopic (exact) mass is 443 g/mol. The predicted molar refractivity (Wildman–Crippen MR) is 136 cm³/mol. The summed E-state index contributed by atoms with van der Waals surface area (Å²) in [5, 5.41) is 8.62. The van der Waals surface area contributed by atoms with Crippen molar-refractivity contribution in [2.75, 3.05) is 0 Å². The highest BCUT2D eigenvalue weighted by Gasteiger charge is 2.45. The van der Waals surface area contributed by atoms with Crippen LogP contribution in [0.3, 0.4) is 0 Å². The number of thiophene rings is 1. The van der Waals surface area contributed by atoms with Gasteiger partial charge in [0.1, 0.15) is 23.2 Å². The molecule has 1 aromatic heterocycles. The van der Waals surface area contributed by atoms with Crippen LogP contribution in [-0.4, -0.2) is 0 Å². The first-order chi connectivity index (χ1) is 14.8. The molecule has 30 heavy (non-hydrogen) atoms. The van der Waals surface area contributed by atoms with Gasteiger partial charge in [-0.1, -0.05) is 66.2 Å². The van der Waals surface area contributed by atoms with E-state index in [0.717, 1.165) is 11.2 Å². The first-order valence-electron chi connectivity index (χ1n) is 9.98. The van der Waals surface area contributed by atoms with Crippen molar-refractivity contribution in [3.05, 3.63) is 125 Å². The highest BCUT2D eigenvalue weighted by atomic mass is 35.5. The summed E-state index contributed by atoms with van der Waals surface area (Å²) in [6, 6.07) is 39.4. The van der Waals surface area contributed by atoms with E-state index in [0.29, 0.717) is 0 Å². The predicted octanol–water partition coefficient (Wildman–Crippen LogP) is 7.05. The molecule has 5 rings (SSSR count). The van der Waals surface area contributed by atoms with Crippen LogP contribution in [0.4, 0.5) is 0 Å². The van der Waals surface area contributed by atoms with Gasteiger partial charge in [-0.2, -0.15) is 0 Å². The summed E-state index contributed by atoms with van der Waals surface area (Å²) >= 11 is 8.19. The Hall–Kier alpha value is -2.44. The van der Waals surface area contributed by atoms with Crippen LogP contribution in [0.2, 0.25) is 5.02 Å². The Morgan fingerprint density at radius 1 is 0.633 bits per heavy atom. The van der Waals surface area contributed by atoms with Gasteiger partial charge in [-0.15, -0.1) is 11.3 Å². The summed E-state index contributed by atoms with van der Waals surface area (Å²) < 4.78 is 1.29. The van der Waals surface area contributed by atoms with E-state index in [1.165, 1.54) is 31.6 Å². The number of fused-ring (bicyclic) bond motifs is 1. The van der Waals surface area contributed by atoms with Gasteiger partial charge in [0, 0.05) is 20.7 Å². The summed E-state index contributed by atoms with van der Waals surface area (Å²) in [5.41, 5.74) is 1.38. The second-order valence-electron chi connectivity index (χ2n) is 7.38. The van der Waals surface area contributed by atoms with Crippen LogP contribution in [0.1, 0.15) is 5.56 Å². The molecule has 0 amide bonds. The second kappa shape index (κ2) is 8.36. The highest BCUT2D eigenvalue weighted by molar-refractivity contribution is 7.95. The van der Waals surface area contributed by atoms with Gasteiger partial charge in [0.15, 0.2) is 0 Å². The third-order valence-corrected chi connectivity index (χ3v) is 11.2. The summed E-state index contributed by atoms with van der Waals surface area (Å²) in [6.45, 7) is 0. The lowest BCUT2D eigenvalue weighted by Gasteiger charge is -2.27. The average Bonchev–Trinajstić information content (AvgIpc) is 3.21. The van der Waals surface area contributed by atoms with Gasteiger partial charge in [0.05, 0.1) is 6.16 Å². The van der Waals surface area contributed by atoms with Crippen LogP contribution in [0, 0.1) is 0 Å². The molecule has 146 valence electrons. The molecular weight excluding hydrogens is 423 g/mol. The Kier molecular flexibility index (Phi) is 5.44. The Bertz CT molecular complexity index is 1170. The summed E-state index contributed by atoms with van der Waals surface area (Å²) in [4.78, 5) is 0. The van der Waals surface area contributed by atoms with E-state index < -0.39 is 7.26 Å². The van der Waals surface area contributed by atoms with Gasteiger partial charge in [-0.05, 0) is 60.0 Å². The van der Waals surface area contributed by atoms with Gasteiger partial charge in [-0.3, -0.25) is 0 Å². The van der Waals surface area contributed by atoms with Crippen molar-refractivity contribution in [1.82, 2.24) is 0 Å². The van der Waals surface area contributed by atoms with E-state index >= 15 is 0 Å². The Balaban J connectivity index is 1.80. The molecule has 0 spiro atoms. The fraction of sp³-hybridized carbons (Fsp3) is 0.0370. The van der Waals surface area contributed by atoms with E-state index in [-0.39, 0.29) is 0 Å². The molecule has 5 aromatic rings. The Labute approximate surface area is 187 Å². The van der Waals surface area contributed by atoms with Crippen molar-refractivity contribution in [2.24, 2.45) is 0 Å². The minimum Gasteiger partial charge on any atom is -0.143 e. The van der Waals surface area contributed by atoms with Crippen molar-refractivity contribution in [2.45, 2.75) is 6.16 Å². The maximum absolute atomic E-state index is 6.38. The SMILES string of the molecule is Clc1ccc2scc(C[P+](c3ccccc3)(c3ccccc3)c3ccccc3)c2c1. The van der Waals surface area contributed by atoms with Crippen LogP contribution in [0.25, 0.3) is 10.1 Å². The molecule has 0 aliphatic heterocycles. The molecule has 3 heteroatoms. The third-order valence-electron chi connectivity index (χ3n) is 5.61. The number of hydrogen-bond donors (Lipinski definition) is 0. The molecule has 0 aliphatic rings. The summed E-state index contributed by atoms with van der Waals surface area (Å²) in [6.07, 6.45) is 0.978. The van der Waals surface area contributed by atoms with E-state index in [1.807, 2.05) is 17.4 Å². The Morgan fingerprint density at radius 2 is 1.13 bits per heavy atom. The van der Waals surface area contributed by atoms with Gasteiger partial charge in [-0.25, -0.2) is 0 Å². The molecule has 0 saturated heterocycles. The standard InChI is InChI=1S/C27H21ClPS/c28-22-16-17-27-26(18-22)21(20-30-27)19-29(23-10-4-1-5-11-23,24-12-6-2-7-13-24)25-14-8-3-9-15-25/h1-18,20H,19H2/q+1. The lowest BCUT2D eigenvalue weighted by atomic mass is 10.2. The zero-order valence-corrected chi connectivity index (χ0v) is 18.9. The van der Waals surface area contributed by atoms with E-state index in [4.69, 9.17) is 11.6 Å². The number of rotatable bonds is 5. The molecule has 1 heterocycles. The summed E-state index contributed by atoms with van der Waals surface area (Å²) in [7, 11) is -1.90. The molecule has 0 nitrogen and oxygen atoms in total. The lowest BCUT2D eigenvalue weighted by Crippen LogP contribution is -2.32. The second-order valence-corrected chi connectivity index (χ2v) is 12.2. The van der Waals surface area contributed by atoms with Crippen LogP contribution in [-0.2, 0) is 6.16 Å². The van der Waals surface area contributed by atoms with Crippen molar-refractivity contribution in [3.63, 3.8) is 0 Å². The number of hydrogen-bond acceptors (Lipinski definition) is 1. The Morgan fingerprint density at radius 3 is 1.63 bits per heavy atom. The van der Waals surface area contributed by atoms with Crippen LogP contribution in [0.5, 0.6) is 0 Å². The fourth-order valence-corrected chi connectivity index (χ4v) is 9.70. The molecule has 0 atom stereocenters. The molecule has 0 bridgehead atoms. The first kappa shape index (κ1) is 19.5. The van der Waals surface area contributed by atoms with Gasteiger partial charge < -0.3 is 0 Å². The fourth-order valence-electron chi connectivity index (χ4n) is 4.20. The van der Waals surface area contributed by atoms with E-state index in [9.17, 15) is 0 Å². The minimum atomic E-state index is -1.90. The maximum Gasteiger partial charge on any atom is 0.116 e. The van der Waals surface area contributed by atoms with Gasteiger partial charge in [0.2, 0.25) is 0 Å². The maximum atomic E-state index is 6.38. The highest BCUT2D eigenvalue weighted by Crippen LogP contribution is 2.59. The molecular formula is C27H21ClPS+. The molecule has 0 unspecified atom stereocenters. The topological polar surface area (TPSA) is 0 Å². The molecule has 4 aromatic carbocycles. The first-order valence-corrected chi connectivity index (χ1v) is 13.2. The molecule has 0 fully saturated rings. The molecule has 0 saturated carbocycles. The molecule has 0 N–H and O–H groups in total. The molecule has 0 aliphatic carbocycles. The van der Waals surface area contributed by atoms with Crippen molar-refractivity contribution in [1.29, 1.82) is 0 Å². The lowest BCUT2D eigenvalue weighted by molar-refractivity contribution is 1.47. The quantitative estimate of drug-likeness (QED) is 0.255. The zero-order valence-electron chi connectivity index (χ0n) is 16.4. The van der Waals surface area contributed by atoms with Crippen LogP contribution in [0.15, 0.2) is 115 Å². The van der Waals surface area contributed by atoms with Gasteiger partial charge in [0.25, 0.3) is 0 Å². The number of halogens is 1. The average molecular weight is 444 g/mol. The van der Waals surface area contributed by atoms with Crippen LogP contribution >= 0.6 is 30.2 Å². The zero-order chi connectivity index (χ0) is 20.4. The molecule has 0 radical (unpaired) electrons. The van der Waals surface area contributed by atoms with Gasteiger partial charge >= 0.3 is 0 Å². The normalized spacial score (nSPS) is 11.6. The largest absolute Gasteiger partial charge is 0.143 e. The van der Waals surface area contributed by atoms with E-state index in [1.54, 1.807) is 0 Å². The third kappa shape index (κ3) is 3.48. The van der Waals surface area contributed by atoms with Crippen molar-refractivity contribution >= 4 is 56.2 Å². The number of benzene rings is 4. The smallest absolute Gasteiger partial charge is 0.116 e.